The maximum atomic E-state index is 11.2. The molecule has 1 aliphatic heterocycles. The first-order valence-electron chi connectivity index (χ1n) is 6.81. The van der Waals surface area contributed by atoms with Gasteiger partial charge in [-0.1, -0.05) is 23.7 Å². The minimum atomic E-state index is -0.783. The number of carbonyl (C=O) groups is 1. The minimum absolute atomic E-state index is 0.414. The number of carboxylic acid groups (broad SMARTS) is 1. The number of hydrogen-bond donors (Lipinski definition) is 1. The molecule has 0 spiro atoms. The second kappa shape index (κ2) is 5.87. The van der Waals surface area contributed by atoms with Crippen molar-refractivity contribution < 1.29 is 14.3 Å². The molecule has 0 amide bonds. The summed E-state index contributed by atoms with van der Waals surface area (Å²) in [5.41, 5.74) is 0.859. The normalized spacial score (nSPS) is 19.0. The van der Waals surface area contributed by atoms with E-state index in [1.54, 1.807) is 12.3 Å². The van der Waals surface area contributed by atoms with Gasteiger partial charge in [-0.05, 0) is 31.5 Å². The van der Waals surface area contributed by atoms with Crippen molar-refractivity contribution in [3.05, 3.63) is 41.4 Å². The Balaban J connectivity index is 1.75. The van der Waals surface area contributed by atoms with E-state index in [1.807, 2.05) is 23.1 Å². The Morgan fingerprint density at radius 1 is 1.52 bits per heavy atom. The molecule has 0 saturated carbocycles. The zero-order valence-electron chi connectivity index (χ0n) is 11.3. The molecule has 2 aromatic rings. The van der Waals surface area contributed by atoms with Crippen LogP contribution < -0.4 is 0 Å². The number of aromatic nitrogens is 1. The average molecular weight is 307 g/mol. The molecule has 5 nitrogen and oxygen atoms in total. The molecule has 21 heavy (non-hydrogen) atoms. The van der Waals surface area contributed by atoms with Gasteiger partial charge in [0.15, 0.2) is 5.76 Å². The molecular formula is C15H15ClN2O3. The number of likely N-dealkylation sites (tertiary alicyclic amines) is 1. The minimum Gasteiger partial charge on any atom is -0.480 e. The molecule has 0 aliphatic carbocycles. The summed E-state index contributed by atoms with van der Waals surface area (Å²) >= 11 is 5.96. The van der Waals surface area contributed by atoms with Crippen LogP contribution in [-0.2, 0) is 11.3 Å². The lowest BCUT2D eigenvalue weighted by Crippen LogP contribution is -2.35. The molecule has 1 aromatic carbocycles. The zero-order chi connectivity index (χ0) is 14.8. The first kappa shape index (κ1) is 14.1. The Bertz CT molecular complexity index is 656. The summed E-state index contributed by atoms with van der Waals surface area (Å²) in [6, 6.07) is 6.91. The molecule has 2 heterocycles. The smallest absolute Gasteiger partial charge is 0.320 e. The van der Waals surface area contributed by atoms with Crippen molar-refractivity contribution in [2.75, 3.05) is 6.54 Å². The highest BCUT2D eigenvalue weighted by molar-refractivity contribution is 6.30. The fourth-order valence-corrected chi connectivity index (χ4v) is 2.82. The van der Waals surface area contributed by atoms with Crippen LogP contribution in [0.3, 0.4) is 0 Å². The molecule has 1 atom stereocenters. The highest BCUT2D eigenvalue weighted by Gasteiger charge is 2.31. The maximum absolute atomic E-state index is 11.2. The number of benzene rings is 1. The molecule has 0 unspecified atom stereocenters. The van der Waals surface area contributed by atoms with Crippen LogP contribution in [-0.4, -0.2) is 33.5 Å². The predicted molar refractivity (Wildman–Crippen MR) is 78.0 cm³/mol. The van der Waals surface area contributed by atoms with Crippen molar-refractivity contribution >= 4 is 17.6 Å². The molecule has 1 aromatic heterocycles. The second-order valence-electron chi connectivity index (χ2n) is 5.10. The summed E-state index contributed by atoms with van der Waals surface area (Å²) in [4.78, 5) is 17.3. The summed E-state index contributed by atoms with van der Waals surface area (Å²) in [5, 5.41) is 9.80. The number of rotatable bonds is 4. The van der Waals surface area contributed by atoms with Gasteiger partial charge >= 0.3 is 5.97 Å². The summed E-state index contributed by atoms with van der Waals surface area (Å²) in [6.45, 7) is 1.17. The lowest BCUT2D eigenvalue weighted by molar-refractivity contribution is -0.142. The van der Waals surface area contributed by atoms with Gasteiger partial charge in [0.05, 0.1) is 12.7 Å². The van der Waals surface area contributed by atoms with Crippen molar-refractivity contribution in [1.82, 2.24) is 9.88 Å². The van der Waals surface area contributed by atoms with Crippen LogP contribution in [0.1, 0.15) is 18.7 Å². The van der Waals surface area contributed by atoms with Gasteiger partial charge in [-0.2, -0.15) is 0 Å². The molecular weight excluding hydrogens is 292 g/mol. The van der Waals surface area contributed by atoms with E-state index in [2.05, 4.69) is 4.98 Å². The third-order valence-corrected chi connectivity index (χ3v) is 3.88. The van der Waals surface area contributed by atoms with Crippen molar-refractivity contribution in [2.24, 2.45) is 0 Å². The Kier molecular flexibility index (Phi) is 3.94. The lowest BCUT2D eigenvalue weighted by Gasteiger charge is -2.18. The molecule has 6 heteroatoms. The van der Waals surface area contributed by atoms with Crippen LogP contribution in [0.15, 0.2) is 34.9 Å². The number of halogens is 1. The average Bonchev–Trinajstić information content (AvgIpc) is 3.08. The van der Waals surface area contributed by atoms with Crippen LogP contribution in [0, 0.1) is 0 Å². The molecule has 1 N–H and O–H groups in total. The van der Waals surface area contributed by atoms with Crippen molar-refractivity contribution in [3.63, 3.8) is 0 Å². The standard InChI is InChI=1S/C15H15ClN2O3/c16-11-4-1-3-10(7-11)13-8-17-14(21-13)9-18-6-2-5-12(18)15(19)20/h1,3-4,7-8,12H,2,5-6,9H2,(H,19,20)/t12-/m0/s1. The molecule has 3 rings (SSSR count). The Labute approximate surface area is 127 Å². The maximum Gasteiger partial charge on any atom is 0.320 e. The fraction of sp³-hybridized carbons (Fsp3) is 0.333. The topological polar surface area (TPSA) is 66.6 Å². The fourth-order valence-electron chi connectivity index (χ4n) is 2.63. The number of aliphatic carboxylic acids is 1. The number of carboxylic acids is 1. The lowest BCUT2D eigenvalue weighted by atomic mass is 10.2. The number of hydrogen-bond acceptors (Lipinski definition) is 4. The molecule has 0 bridgehead atoms. The van der Waals surface area contributed by atoms with Gasteiger partial charge in [0.2, 0.25) is 5.89 Å². The van der Waals surface area contributed by atoms with Gasteiger partial charge in [0.1, 0.15) is 6.04 Å². The monoisotopic (exact) mass is 306 g/mol. The van der Waals surface area contributed by atoms with Gasteiger partial charge in [-0.3, -0.25) is 9.69 Å². The highest BCUT2D eigenvalue weighted by atomic mass is 35.5. The first-order valence-corrected chi connectivity index (χ1v) is 7.19. The van der Waals surface area contributed by atoms with Crippen LogP contribution in [0.5, 0.6) is 0 Å². The second-order valence-corrected chi connectivity index (χ2v) is 5.53. The van der Waals surface area contributed by atoms with Crippen LogP contribution in [0.25, 0.3) is 11.3 Å². The molecule has 1 fully saturated rings. The van der Waals surface area contributed by atoms with Crippen LogP contribution in [0.4, 0.5) is 0 Å². The van der Waals surface area contributed by atoms with E-state index in [4.69, 9.17) is 21.1 Å². The van der Waals surface area contributed by atoms with E-state index >= 15 is 0 Å². The van der Waals surface area contributed by atoms with Crippen molar-refractivity contribution in [1.29, 1.82) is 0 Å². The Morgan fingerprint density at radius 3 is 3.14 bits per heavy atom. The Hall–Kier alpha value is -1.85. The highest BCUT2D eigenvalue weighted by Crippen LogP contribution is 2.25. The number of nitrogens with zero attached hydrogens (tertiary/aromatic N) is 2. The van der Waals surface area contributed by atoms with Gasteiger partial charge in [0, 0.05) is 10.6 Å². The van der Waals surface area contributed by atoms with Gasteiger partial charge in [0.25, 0.3) is 0 Å². The van der Waals surface area contributed by atoms with E-state index in [9.17, 15) is 4.79 Å². The Morgan fingerprint density at radius 2 is 2.38 bits per heavy atom. The molecule has 1 saturated heterocycles. The molecule has 1 aliphatic rings. The third kappa shape index (κ3) is 3.09. The third-order valence-electron chi connectivity index (χ3n) is 3.65. The van der Waals surface area contributed by atoms with E-state index in [-0.39, 0.29) is 0 Å². The zero-order valence-corrected chi connectivity index (χ0v) is 12.1. The van der Waals surface area contributed by atoms with Gasteiger partial charge in [-0.15, -0.1) is 0 Å². The first-order chi connectivity index (χ1) is 10.1. The van der Waals surface area contributed by atoms with Crippen LogP contribution in [0.2, 0.25) is 5.02 Å². The number of oxazole rings is 1. The van der Waals surface area contributed by atoms with Crippen LogP contribution >= 0.6 is 11.6 Å². The quantitative estimate of drug-likeness (QED) is 0.940. The summed E-state index contributed by atoms with van der Waals surface area (Å²) < 4.78 is 5.71. The van der Waals surface area contributed by atoms with Crippen molar-refractivity contribution in [3.8, 4) is 11.3 Å². The predicted octanol–water partition coefficient (Wildman–Crippen LogP) is 3.04. The van der Waals surface area contributed by atoms with Gasteiger partial charge < -0.3 is 9.52 Å². The largest absolute Gasteiger partial charge is 0.480 e. The summed E-state index contributed by atoms with van der Waals surface area (Å²) in [6.07, 6.45) is 3.21. The SMILES string of the molecule is O=C(O)[C@@H]1CCCN1Cc1ncc(-c2cccc(Cl)c2)o1. The van der Waals surface area contributed by atoms with Gasteiger partial charge in [-0.25, -0.2) is 4.98 Å². The van der Waals surface area contributed by atoms with E-state index in [0.29, 0.717) is 29.6 Å². The molecule has 0 radical (unpaired) electrons. The van der Waals surface area contributed by atoms with E-state index in [1.165, 1.54) is 0 Å². The molecule has 110 valence electrons. The summed E-state index contributed by atoms with van der Waals surface area (Å²) in [7, 11) is 0. The van der Waals surface area contributed by atoms with E-state index < -0.39 is 12.0 Å². The van der Waals surface area contributed by atoms with Crippen molar-refractivity contribution in [2.45, 2.75) is 25.4 Å². The van der Waals surface area contributed by atoms with E-state index in [0.717, 1.165) is 18.5 Å². The summed E-state index contributed by atoms with van der Waals surface area (Å²) in [5.74, 6) is 0.380.